The summed E-state index contributed by atoms with van der Waals surface area (Å²) in [5, 5.41) is 3.34. The molecule has 1 N–H and O–H groups in total. The van der Waals surface area contributed by atoms with Gasteiger partial charge in [-0.1, -0.05) is 26.0 Å². The molecule has 0 radical (unpaired) electrons. The molecule has 0 aromatic heterocycles. The third-order valence-electron chi connectivity index (χ3n) is 3.12. The Morgan fingerprint density at radius 2 is 2.20 bits per heavy atom. The van der Waals surface area contributed by atoms with Crippen LogP contribution in [-0.4, -0.2) is 6.54 Å². The molecule has 1 aliphatic heterocycles. The van der Waals surface area contributed by atoms with Crippen LogP contribution in [0.25, 0.3) is 0 Å². The summed E-state index contributed by atoms with van der Waals surface area (Å²) in [5.41, 5.74) is 2.07. The van der Waals surface area contributed by atoms with Crippen LogP contribution < -0.4 is 5.32 Å². The lowest BCUT2D eigenvalue weighted by molar-refractivity contribution is 0.557. The van der Waals surface area contributed by atoms with E-state index >= 15 is 0 Å². The van der Waals surface area contributed by atoms with Crippen LogP contribution in [0.4, 0.5) is 4.39 Å². The highest BCUT2D eigenvalue weighted by molar-refractivity contribution is 5.30. The molecule has 1 aliphatic rings. The molecule has 2 rings (SSSR count). The molecule has 2 heteroatoms. The SMILES string of the molecule is CC(C)c1ccc(F)c(C2CCCN2)c1. The molecule has 1 fully saturated rings. The van der Waals surface area contributed by atoms with Crippen LogP contribution in [0.1, 0.15) is 49.8 Å². The topological polar surface area (TPSA) is 12.0 Å². The van der Waals surface area contributed by atoms with E-state index < -0.39 is 0 Å². The Hall–Kier alpha value is -0.890. The third kappa shape index (κ3) is 2.20. The molecule has 0 bridgehead atoms. The van der Waals surface area contributed by atoms with Gasteiger partial charge in [0.15, 0.2) is 0 Å². The average Bonchev–Trinajstić information content (AvgIpc) is 2.71. The van der Waals surface area contributed by atoms with E-state index in [9.17, 15) is 4.39 Å². The first-order chi connectivity index (χ1) is 7.18. The fourth-order valence-corrected chi connectivity index (χ4v) is 2.14. The summed E-state index contributed by atoms with van der Waals surface area (Å²) in [6, 6.07) is 5.73. The first-order valence-electron chi connectivity index (χ1n) is 5.71. The Morgan fingerprint density at radius 1 is 1.40 bits per heavy atom. The van der Waals surface area contributed by atoms with Gasteiger partial charge in [0, 0.05) is 11.6 Å². The highest BCUT2D eigenvalue weighted by Gasteiger charge is 2.20. The van der Waals surface area contributed by atoms with E-state index in [0.717, 1.165) is 24.9 Å². The summed E-state index contributed by atoms with van der Waals surface area (Å²) in [6.45, 7) is 5.29. The predicted molar refractivity (Wildman–Crippen MR) is 60.5 cm³/mol. The minimum atomic E-state index is -0.0706. The molecule has 1 nitrogen and oxygen atoms in total. The van der Waals surface area contributed by atoms with Crippen molar-refractivity contribution in [2.45, 2.75) is 38.6 Å². The van der Waals surface area contributed by atoms with Crippen molar-refractivity contribution in [2.75, 3.05) is 6.54 Å². The molecule has 1 heterocycles. The fourth-order valence-electron chi connectivity index (χ4n) is 2.14. The van der Waals surface area contributed by atoms with Gasteiger partial charge in [0.25, 0.3) is 0 Å². The van der Waals surface area contributed by atoms with E-state index in [1.807, 2.05) is 12.1 Å². The Morgan fingerprint density at radius 3 is 2.80 bits per heavy atom. The molecule has 1 unspecified atom stereocenters. The molecule has 15 heavy (non-hydrogen) atoms. The molecule has 0 amide bonds. The lowest BCUT2D eigenvalue weighted by Crippen LogP contribution is -2.14. The van der Waals surface area contributed by atoms with Crippen molar-refractivity contribution in [1.82, 2.24) is 5.32 Å². The fraction of sp³-hybridized carbons (Fsp3) is 0.538. The van der Waals surface area contributed by atoms with E-state index in [2.05, 4.69) is 19.2 Å². The van der Waals surface area contributed by atoms with Gasteiger partial charge in [-0.3, -0.25) is 0 Å². The molecule has 1 atom stereocenters. The van der Waals surface area contributed by atoms with E-state index in [4.69, 9.17) is 0 Å². The third-order valence-corrected chi connectivity index (χ3v) is 3.12. The molecule has 0 saturated carbocycles. The maximum Gasteiger partial charge on any atom is 0.127 e. The van der Waals surface area contributed by atoms with E-state index in [1.54, 1.807) is 6.07 Å². The Bertz CT molecular complexity index is 340. The second kappa shape index (κ2) is 4.31. The molecular weight excluding hydrogens is 189 g/mol. The number of nitrogens with one attached hydrogen (secondary N) is 1. The normalized spacial score (nSPS) is 21.2. The van der Waals surface area contributed by atoms with Crippen LogP contribution in [0, 0.1) is 5.82 Å². The summed E-state index contributed by atoms with van der Waals surface area (Å²) in [5.74, 6) is 0.393. The summed E-state index contributed by atoms with van der Waals surface area (Å²) in [6.07, 6.45) is 2.20. The number of hydrogen-bond acceptors (Lipinski definition) is 1. The van der Waals surface area contributed by atoms with Crippen LogP contribution in [0.3, 0.4) is 0 Å². The second-order valence-electron chi connectivity index (χ2n) is 4.58. The van der Waals surface area contributed by atoms with Crippen LogP contribution >= 0.6 is 0 Å². The molecule has 1 aromatic rings. The summed E-state index contributed by atoms with van der Waals surface area (Å²) >= 11 is 0. The molecule has 0 aliphatic carbocycles. The molecule has 82 valence electrons. The minimum Gasteiger partial charge on any atom is -0.310 e. The standard InChI is InChI=1S/C13H18FN/c1-9(2)10-5-6-12(14)11(8-10)13-4-3-7-15-13/h5-6,8-9,13,15H,3-4,7H2,1-2H3. The minimum absolute atomic E-state index is 0.0706. The van der Waals surface area contributed by atoms with Crippen molar-refractivity contribution in [3.05, 3.63) is 35.1 Å². The zero-order valence-corrected chi connectivity index (χ0v) is 9.39. The number of halogens is 1. The summed E-state index contributed by atoms with van der Waals surface area (Å²) in [7, 11) is 0. The summed E-state index contributed by atoms with van der Waals surface area (Å²) < 4.78 is 13.6. The van der Waals surface area contributed by atoms with Crippen molar-refractivity contribution in [3.8, 4) is 0 Å². The van der Waals surface area contributed by atoms with Crippen molar-refractivity contribution < 1.29 is 4.39 Å². The van der Waals surface area contributed by atoms with Gasteiger partial charge in [-0.2, -0.15) is 0 Å². The van der Waals surface area contributed by atoms with Crippen LogP contribution in [-0.2, 0) is 0 Å². The van der Waals surface area contributed by atoms with E-state index in [1.165, 1.54) is 5.56 Å². The number of hydrogen-bond donors (Lipinski definition) is 1. The van der Waals surface area contributed by atoms with Crippen molar-refractivity contribution in [3.63, 3.8) is 0 Å². The largest absolute Gasteiger partial charge is 0.310 e. The first kappa shape index (κ1) is 10.6. The smallest absolute Gasteiger partial charge is 0.127 e. The van der Waals surface area contributed by atoms with Gasteiger partial charge < -0.3 is 5.32 Å². The van der Waals surface area contributed by atoms with Gasteiger partial charge in [-0.25, -0.2) is 4.39 Å². The Balaban J connectivity index is 2.31. The van der Waals surface area contributed by atoms with Gasteiger partial charge >= 0.3 is 0 Å². The maximum atomic E-state index is 13.6. The van der Waals surface area contributed by atoms with Gasteiger partial charge in [0.1, 0.15) is 5.82 Å². The van der Waals surface area contributed by atoms with Crippen molar-refractivity contribution >= 4 is 0 Å². The predicted octanol–water partition coefficient (Wildman–Crippen LogP) is 3.37. The maximum absolute atomic E-state index is 13.6. The molecule has 1 aromatic carbocycles. The zero-order chi connectivity index (χ0) is 10.8. The number of benzene rings is 1. The molecule has 0 spiro atoms. The lowest BCUT2D eigenvalue weighted by Gasteiger charge is -2.14. The molecule has 1 saturated heterocycles. The lowest BCUT2D eigenvalue weighted by atomic mass is 9.96. The zero-order valence-electron chi connectivity index (χ0n) is 9.39. The van der Waals surface area contributed by atoms with E-state index in [-0.39, 0.29) is 11.9 Å². The Kier molecular flexibility index (Phi) is 3.06. The average molecular weight is 207 g/mol. The molecular formula is C13H18FN. The summed E-state index contributed by atoms with van der Waals surface area (Å²) in [4.78, 5) is 0. The quantitative estimate of drug-likeness (QED) is 0.784. The van der Waals surface area contributed by atoms with Gasteiger partial charge in [0.2, 0.25) is 0 Å². The second-order valence-corrected chi connectivity index (χ2v) is 4.58. The first-order valence-corrected chi connectivity index (χ1v) is 5.71. The van der Waals surface area contributed by atoms with Crippen molar-refractivity contribution in [2.24, 2.45) is 0 Å². The number of rotatable bonds is 2. The van der Waals surface area contributed by atoms with Crippen LogP contribution in [0.5, 0.6) is 0 Å². The van der Waals surface area contributed by atoms with Crippen molar-refractivity contribution in [1.29, 1.82) is 0 Å². The highest BCUT2D eigenvalue weighted by atomic mass is 19.1. The monoisotopic (exact) mass is 207 g/mol. The van der Waals surface area contributed by atoms with Gasteiger partial charge in [-0.15, -0.1) is 0 Å². The van der Waals surface area contributed by atoms with Crippen LogP contribution in [0.2, 0.25) is 0 Å². The van der Waals surface area contributed by atoms with Gasteiger partial charge in [0.05, 0.1) is 0 Å². The highest BCUT2D eigenvalue weighted by Crippen LogP contribution is 2.28. The van der Waals surface area contributed by atoms with Gasteiger partial charge in [-0.05, 0) is 36.9 Å². The van der Waals surface area contributed by atoms with Crippen LogP contribution in [0.15, 0.2) is 18.2 Å². The van der Waals surface area contributed by atoms with E-state index in [0.29, 0.717) is 5.92 Å². The Labute approximate surface area is 90.7 Å².